The fourth-order valence-electron chi connectivity index (χ4n) is 1.19. The average Bonchev–Trinajstić information content (AvgIpc) is 2.70. The van der Waals surface area contributed by atoms with E-state index in [0.717, 1.165) is 29.5 Å². The summed E-state index contributed by atoms with van der Waals surface area (Å²) in [7, 11) is 0. The molecule has 1 unspecified atom stereocenters. The Morgan fingerprint density at radius 1 is 1.31 bits per heavy atom. The molecule has 1 aromatic carbocycles. The molecule has 2 N–H and O–H groups in total. The number of hydrogen-bond donors (Lipinski definition) is 1. The Hall–Kier alpha value is -1.40. The van der Waals surface area contributed by atoms with Gasteiger partial charge in [-0.3, -0.25) is 0 Å². The molecule has 2 aromatic rings. The Morgan fingerprint density at radius 3 is 2.69 bits per heavy atom. The van der Waals surface area contributed by atoms with Crippen LogP contribution in [0.3, 0.4) is 0 Å². The fourth-order valence-corrected chi connectivity index (χ4v) is 2.00. The van der Waals surface area contributed by atoms with E-state index in [1.165, 1.54) is 0 Å². The lowest BCUT2D eigenvalue weighted by molar-refractivity contribution is 0.603. The van der Waals surface area contributed by atoms with Crippen LogP contribution in [0, 0.1) is 11.6 Å². The second-order valence-electron chi connectivity index (χ2n) is 3.36. The molecule has 0 amide bonds. The fraction of sp³-hybridized carbons (Fsp3) is 0.200. The molecule has 0 saturated carbocycles. The van der Waals surface area contributed by atoms with Crippen LogP contribution in [0.5, 0.6) is 0 Å². The number of hydrogen-bond acceptors (Lipinski definition) is 4. The summed E-state index contributed by atoms with van der Waals surface area (Å²) in [6.45, 7) is 1.76. The van der Waals surface area contributed by atoms with Gasteiger partial charge in [0.2, 0.25) is 0 Å². The van der Waals surface area contributed by atoms with E-state index in [2.05, 4.69) is 10.2 Å². The van der Waals surface area contributed by atoms with Gasteiger partial charge in [0.15, 0.2) is 5.01 Å². The maximum Gasteiger partial charge on any atom is 0.150 e. The van der Waals surface area contributed by atoms with Gasteiger partial charge < -0.3 is 5.73 Å². The van der Waals surface area contributed by atoms with Gasteiger partial charge in [0.05, 0.1) is 11.6 Å². The second-order valence-corrected chi connectivity index (χ2v) is 4.37. The highest BCUT2D eigenvalue weighted by molar-refractivity contribution is 7.14. The smallest absolute Gasteiger partial charge is 0.150 e. The molecule has 1 heterocycles. The predicted octanol–water partition coefficient (Wildman–Crippen LogP) is 2.50. The van der Waals surface area contributed by atoms with Crippen LogP contribution in [0.15, 0.2) is 18.2 Å². The maximum absolute atomic E-state index is 13.4. The van der Waals surface area contributed by atoms with Crippen LogP contribution in [0.2, 0.25) is 0 Å². The van der Waals surface area contributed by atoms with Crippen molar-refractivity contribution in [1.82, 2.24) is 10.2 Å². The third-order valence-electron chi connectivity index (χ3n) is 1.99. The van der Waals surface area contributed by atoms with Crippen LogP contribution in [-0.4, -0.2) is 10.2 Å². The molecule has 6 heteroatoms. The molecule has 0 aliphatic rings. The molecule has 84 valence electrons. The monoisotopic (exact) mass is 241 g/mol. The minimum atomic E-state index is -0.520. The van der Waals surface area contributed by atoms with Crippen LogP contribution in [0.25, 0.3) is 10.6 Å². The summed E-state index contributed by atoms with van der Waals surface area (Å²) in [6, 6.07) is 2.97. The van der Waals surface area contributed by atoms with Gasteiger partial charge in [0.25, 0.3) is 0 Å². The Labute approximate surface area is 94.9 Å². The molecule has 0 saturated heterocycles. The van der Waals surface area contributed by atoms with E-state index in [4.69, 9.17) is 5.73 Å². The van der Waals surface area contributed by atoms with Crippen LogP contribution in [-0.2, 0) is 0 Å². The summed E-state index contributed by atoms with van der Waals surface area (Å²) >= 11 is 1.16. The van der Waals surface area contributed by atoms with Gasteiger partial charge in [0.1, 0.15) is 16.6 Å². The van der Waals surface area contributed by atoms with Gasteiger partial charge in [-0.25, -0.2) is 8.78 Å². The summed E-state index contributed by atoms with van der Waals surface area (Å²) in [5, 5.41) is 8.54. The minimum absolute atomic E-state index is 0.115. The zero-order valence-corrected chi connectivity index (χ0v) is 9.26. The van der Waals surface area contributed by atoms with Gasteiger partial charge in [0, 0.05) is 0 Å². The van der Waals surface area contributed by atoms with E-state index in [1.54, 1.807) is 6.92 Å². The molecule has 16 heavy (non-hydrogen) atoms. The van der Waals surface area contributed by atoms with Gasteiger partial charge in [-0.2, -0.15) is 0 Å². The zero-order valence-electron chi connectivity index (χ0n) is 8.45. The van der Waals surface area contributed by atoms with Gasteiger partial charge in [-0.15, -0.1) is 10.2 Å². The highest BCUT2D eigenvalue weighted by Crippen LogP contribution is 2.28. The SMILES string of the molecule is CC(N)c1nnc(-c2cc(F)ccc2F)s1. The Balaban J connectivity index is 2.46. The number of benzene rings is 1. The molecule has 1 aromatic heterocycles. The lowest BCUT2D eigenvalue weighted by atomic mass is 10.2. The summed E-state index contributed by atoms with van der Waals surface area (Å²) < 4.78 is 26.4. The van der Waals surface area contributed by atoms with E-state index in [1.807, 2.05) is 0 Å². The molecule has 0 spiro atoms. The molecular weight excluding hydrogens is 232 g/mol. The first kappa shape index (κ1) is 11.1. The second kappa shape index (κ2) is 4.23. The Bertz CT molecular complexity index is 511. The van der Waals surface area contributed by atoms with Gasteiger partial charge in [-0.05, 0) is 25.1 Å². The first-order valence-electron chi connectivity index (χ1n) is 4.62. The molecule has 1 atom stereocenters. The maximum atomic E-state index is 13.4. The van der Waals surface area contributed by atoms with Crippen molar-refractivity contribution in [2.45, 2.75) is 13.0 Å². The third-order valence-corrected chi connectivity index (χ3v) is 3.15. The minimum Gasteiger partial charge on any atom is -0.322 e. The van der Waals surface area contributed by atoms with Crippen molar-refractivity contribution in [3.63, 3.8) is 0 Å². The van der Waals surface area contributed by atoms with Crippen molar-refractivity contribution in [2.24, 2.45) is 5.73 Å². The van der Waals surface area contributed by atoms with Crippen LogP contribution >= 0.6 is 11.3 Å². The van der Waals surface area contributed by atoms with Crippen molar-refractivity contribution in [3.8, 4) is 10.6 Å². The quantitative estimate of drug-likeness (QED) is 0.878. The molecular formula is C10H9F2N3S. The van der Waals surface area contributed by atoms with Crippen molar-refractivity contribution in [1.29, 1.82) is 0 Å². The van der Waals surface area contributed by atoms with Crippen LogP contribution in [0.1, 0.15) is 18.0 Å². The first-order chi connectivity index (χ1) is 7.58. The number of halogens is 2. The van der Waals surface area contributed by atoms with Gasteiger partial charge in [-0.1, -0.05) is 11.3 Å². The Morgan fingerprint density at radius 2 is 2.06 bits per heavy atom. The lowest BCUT2D eigenvalue weighted by Crippen LogP contribution is -2.03. The van der Waals surface area contributed by atoms with Crippen molar-refractivity contribution >= 4 is 11.3 Å². The van der Waals surface area contributed by atoms with Crippen LogP contribution < -0.4 is 5.73 Å². The lowest BCUT2D eigenvalue weighted by Gasteiger charge is -1.98. The van der Waals surface area contributed by atoms with E-state index in [0.29, 0.717) is 10.0 Å². The zero-order chi connectivity index (χ0) is 11.7. The van der Waals surface area contributed by atoms with Gasteiger partial charge >= 0.3 is 0 Å². The number of nitrogens with zero attached hydrogens (tertiary/aromatic N) is 2. The Kier molecular flexibility index (Phi) is 2.93. The summed E-state index contributed by atoms with van der Waals surface area (Å²) in [4.78, 5) is 0. The average molecular weight is 241 g/mol. The highest BCUT2D eigenvalue weighted by atomic mass is 32.1. The molecule has 0 aliphatic heterocycles. The summed E-state index contributed by atoms with van der Waals surface area (Å²) in [5.41, 5.74) is 5.73. The molecule has 0 aliphatic carbocycles. The van der Waals surface area contributed by atoms with Crippen molar-refractivity contribution in [2.75, 3.05) is 0 Å². The van der Waals surface area contributed by atoms with E-state index in [9.17, 15) is 8.78 Å². The predicted molar refractivity (Wildman–Crippen MR) is 57.9 cm³/mol. The first-order valence-corrected chi connectivity index (χ1v) is 5.44. The van der Waals surface area contributed by atoms with Crippen molar-refractivity contribution < 1.29 is 8.78 Å². The van der Waals surface area contributed by atoms with E-state index < -0.39 is 11.6 Å². The van der Waals surface area contributed by atoms with Crippen molar-refractivity contribution in [3.05, 3.63) is 34.8 Å². The number of aromatic nitrogens is 2. The van der Waals surface area contributed by atoms with Crippen LogP contribution in [0.4, 0.5) is 8.78 Å². The molecule has 0 bridgehead atoms. The third kappa shape index (κ3) is 2.07. The number of nitrogens with two attached hydrogens (primary N) is 1. The number of rotatable bonds is 2. The molecule has 0 fully saturated rings. The largest absolute Gasteiger partial charge is 0.322 e. The molecule has 0 radical (unpaired) electrons. The summed E-state index contributed by atoms with van der Waals surface area (Å²) in [6.07, 6.45) is 0. The topological polar surface area (TPSA) is 51.8 Å². The molecule has 2 rings (SSSR count). The summed E-state index contributed by atoms with van der Waals surface area (Å²) in [5.74, 6) is -1.03. The standard InChI is InChI=1S/C10H9F2N3S/c1-5(13)9-14-15-10(16-9)7-4-6(11)2-3-8(7)12/h2-5H,13H2,1H3. The normalized spacial score (nSPS) is 12.8. The van der Waals surface area contributed by atoms with E-state index >= 15 is 0 Å². The molecule has 3 nitrogen and oxygen atoms in total. The van der Waals surface area contributed by atoms with E-state index in [-0.39, 0.29) is 11.6 Å². The highest BCUT2D eigenvalue weighted by Gasteiger charge is 2.13.